The van der Waals surface area contributed by atoms with Crippen LogP contribution in [0.5, 0.6) is 0 Å². The highest BCUT2D eigenvalue weighted by Gasteiger charge is 2.06. The van der Waals surface area contributed by atoms with Crippen molar-refractivity contribution >= 4 is 17.7 Å². The van der Waals surface area contributed by atoms with Gasteiger partial charge in [0.05, 0.1) is 36.0 Å². The highest BCUT2D eigenvalue weighted by atomic mass is 16.4. The van der Waals surface area contributed by atoms with E-state index in [0.29, 0.717) is 11.4 Å². The van der Waals surface area contributed by atoms with E-state index in [4.69, 9.17) is 5.11 Å². The van der Waals surface area contributed by atoms with Crippen molar-refractivity contribution in [2.45, 2.75) is 20.0 Å². The van der Waals surface area contributed by atoms with Crippen molar-refractivity contribution in [3.63, 3.8) is 0 Å². The van der Waals surface area contributed by atoms with Crippen LogP contribution >= 0.6 is 0 Å². The van der Waals surface area contributed by atoms with Gasteiger partial charge in [0.15, 0.2) is 0 Å². The molecule has 0 aliphatic rings. The highest BCUT2D eigenvalue weighted by Crippen LogP contribution is 2.04. The molecule has 0 aromatic carbocycles. The average molecular weight is 290 g/mol. The van der Waals surface area contributed by atoms with E-state index < -0.39 is 12.0 Å². The van der Waals surface area contributed by atoms with Gasteiger partial charge in [0.25, 0.3) is 0 Å². The van der Waals surface area contributed by atoms with Gasteiger partial charge in [-0.1, -0.05) is 0 Å². The van der Waals surface area contributed by atoms with Crippen LogP contribution in [0, 0.1) is 6.92 Å². The summed E-state index contributed by atoms with van der Waals surface area (Å²) in [5.41, 5.74) is 1.84. The van der Waals surface area contributed by atoms with Gasteiger partial charge in [-0.25, -0.2) is 4.79 Å². The second-order valence-electron chi connectivity index (χ2n) is 4.28. The Labute approximate surface area is 120 Å². The van der Waals surface area contributed by atoms with E-state index in [2.05, 4.69) is 25.7 Å². The maximum atomic E-state index is 11.7. The van der Waals surface area contributed by atoms with Gasteiger partial charge in [-0.15, -0.1) is 0 Å². The van der Waals surface area contributed by atoms with Crippen LogP contribution in [0.25, 0.3) is 0 Å². The Hall–Kier alpha value is -2.97. The summed E-state index contributed by atoms with van der Waals surface area (Å²) < 4.78 is 1.21. The van der Waals surface area contributed by atoms with Crippen LogP contribution in [0.15, 0.2) is 24.8 Å². The standard InChI is InChI=1S/C12H14N6O3/c1-8-2-14-9(3-13-8)4-15-12(21)17-10-5-16-18(6-10)7-11(19)20/h2-3,5-6H,4,7H2,1H3,(H,19,20)(H2,15,17,21). The Balaban J connectivity index is 1.82. The summed E-state index contributed by atoms with van der Waals surface area (Å²) in [6, 6.07) is -0.438. The molecule has 9 nitrogen and oxygen atoms in total. The van der Waals surface area contributed by atoms with Crippen LogP contribution in [0.4, 0.5) is 10.5 Å². The molecule has 21 heavy (non-hydrogen) atoms. The van der Waals surface area contributed by atoms with Gasteiger partial charge in [-0.2, -0.15) is 5.10 Å². The molecular weight excluding hydrogens is 276 g/mol. The molecule has 3 N–H and O–H groups in total. The summed E-state index contributed by atoms with van der Waals surface area (Å²) in [7, 11) is 0. The van der Waals surface area contributed by atoms with Crippen LogP contribution < -0.4 is 10.6 Å². The second kappa shape index (κ2) is 6.46. The summed E-state index contributed by atoms with van der Waals surface area (Å²) in [5.74, 6) is -1.01. The molecule has 0 aliphatic carbocycles. The number of carbonyl (C=O) groups excluding carboxylic acids is 1. The molecule has 0 aliphatic heterocycles. The predicted octanol–water partition coefficient (Wildman–Crippen LogP) is 0.388. The molecule has 2 aromatic heterocycles. The lowest BCUT2D eigenvalue weighted by Gasteiger charge is -2.05. The number of aryl methyl sites for hydroxylation is 1. The van der Waals surface area contributed by atoms with Crippen LogP contribution in [0.2, 0.25) is 0 Å². The average Bonchev–Trinajstić information content (AvgIpc) is 2.84. The van der Waals surface area contributed by atoms with Crippen molar-refractivity contribution in [3.8, 4) is 0 Å². The molecule has 0 atom stereocenters. The minimum atomic E-state index is -1.01. The number of carboxylic acid groups (broad SMARTS) is 1. The summed E-state index contributed by atoms with van der Waals surface area (Å²) in [5, 5.41) is 17.6. The van der Waals surface area contributed by atoms with Gasteiger partial charge >= 0.3 is 12.0 Å². The number of amides is 2. The summed E-state index contributed by atoms with van der Waals surface area (Å²) >= 11 is 0. The predicted molar refractivity (Wildman–Crippen MR) is 72.5 cm³/mol. The Kier molecular flexibility index (Phi) is 4.44. The van der Waals surface area contributed by atoms with Gasteiger partial charge in [-0.3, -0.25) is 19.4 Å². The maximum absolute atomic E-state index is 11.7. The SMILES string of the molecule is Cc1cnc(CNC(=O)Nc2cnn(CC(=O)O)c2)cn1. The van der Waals surface area contributed by atoms with E-state index in [1.165, 1.54) is 17.1 Å². The van der Waals surface area contributed by atoms with E-state index in [1.54, 1.807) is 12.4 Å². The zero-order valence-electron chi connectivity index (χ0n) is 11.3. The van der Waals surface area contributed by atoms with Crippen molar-refractivity contribution in [2.75, 3.05) is 5.32 Å². The fourth-order valence-electron chi connectivity index (χ4n) is 1.51. The first-order valence-corrected chi connectivity index (χ1v) is 6.09. The molecular formula is C12H14N6O3. The first-order chi connectivity index (χ1) is 10.0. The van der Waals surface area contributed by atoms with E-state index in [1.807, 2.05) is 6.92 Å². The molecule has 2 rings (SSSR count). The topological polar surface area (TPSA) is 122 Å². The summed E-state index contributed by atoms with van der Waals surface area (Å²) in [6.07, 6.45) is 6.00. The Morgan fingerprint density at radius 2 is 2.10 bits per heavy atom. The number of carboxylic acids is 1. The van der Waals surface area contributed by atoms with Gasteiger partial charge in [0.2, 0.25) is 0 Å². The largest absolute Gasteiger partial charge is 0.480 e. The Morgan fingerprint density at radius 1 is 1.29 bits per heavy atom. The van der Waals surface area contributed by atoms with Crippen molar-refractivity contribution in [3.05, 3.63) is 36.2 Å². The first kappa shape index (κ1) is 14.4. The molecule has 0 fully saturated rings. The Morgan fingerprint density at radius 3 is 2.76 bits per heavy atom. The quantitative estimate of drug-likeness (QED) is 0.732. The van der Waals surface area contributed by atoms with Gasteiger partial charge in [-0.05, 0) is 6.92 Å². The molecule has 2 amide bonds. The number of anilines is 1. The number of rotatable bonds is 5. The molecule has 0 saturated heterocycles. The number of aromatic nitrogens is 4. The zero-order valence-corrected chi connectivity index (χ0v) is 11.3. The van der Waals surface area contributed by atoms with E-state index in [9.17, 15) is 9.59 Å². The first-order valence-electron chi connectivity index (χ1n) is 6.09. The molecule has 2 heterocycles. The minimum Gasteiger partial charge on any atom is -0.480 e. The summed E-state index contributed by atoms with van der Waals surface area (Å²) in [4.78, 5) is 30.3. The van der Waals surface area contributed by atoms with Gasteiger partial charge in [0.1, 0.15) is 6.54 Å². The third kappa shape index (κ3) is 4.56. The number of urea groups is 1. The molecule has 110 valence electrons. The van der Waals surface area contributed by atoms with Crippen LogP contribution in [0.1, 0.15) is 11.4 Å². The molecule has 0 saturated carbocycles. The number of hydrogen-bond donors (Lipinski definition) is 3. The molecule has 9 heteroatoms. The maximum Gasteiger partial charge on any atom is 0.325 e. The smallest absolute Gasteiger partial charge is 0.325 e. The lowest BCUT2D eigenvalue weighted by molar-refractivity contribution is -0.137. The van der Waals surface area contributed by atoms with Crippen molar-refractivity contribution < 1.29 is 14.7 Å². The molecule has 0 radical (unpaired) electrons. The van der Waals surface area contributed by atoms with Crippen LogP contribution in [-0.4, -0.2) is 36.9 Å². The van der Waals surface area contributed by atoms with Crippen LogP contribution in [0.3, 0.4) is 0 Å². The fourth-order valence-corrected chi connectivity index (χ4v) is 1.51. The Bertz CT molecular complexity index is 637. The third-order valence-corrected chi connectivity index (χ3v) is 2.45. The lowest BCUT2D eigenvalue weighted by atomic mass is 10.4. The number of aliphatic carboxylic acids is 1. The number of carbonyl (C=O) groups is 2. The lowest BCUT2D eigenvalue weighted by Crippen LogP contribution is -2.28. The number of hydrogen-bond acceptors (Lipinski definition) is 5. The van der Waals surface area contributed by atoms with Crippen LogP contribution in [-0.2, 0) is 17.9 Å². The fraction of sp³-hybridized carbons (Fsp3) is 0.250. The molecule has 2 aromatic rings. The summed E-state index contributed by atoms with van der Waals surface area (Å²) in [6.45, 7) is 1.80. The van der Waals surface area contributed by atoms with E-state index in [-0.39, 0.29) is 13.1 Å². The number of nitrogens with zero attached hydrogens (tertiary/aromatic N) is 4. The van der Waals surface area contributed by atoms with E-state index >= 15 is 0 Å². The number of nitrogens with one attached hydrogen (secondary N) is 2. The van der Waals surface area contributed by atoms with Gasteiger partial charge in [0, 0.05) is 12.4 Å². The normalized spacial score (nSPS) is 10.1. The highest BCUT2D eigenvalue weighted by molar-refractivity contribution is 5.88. The third-order valence-electron chi connectivity index (χ3n) is 2.45. The van der Waals surface area contributed by atoms with Crippen molar-refractivity contribution in [1.29, 1.82) is 0 Å². The minimum absolute atomic E-state index is 0.238. The van der Waals surface area contributed by atoms with Crippen molar-refractivity contribution in [2.24, 2.45) is 0 Å². The van der Waals surface area contributed by atoms with Gasteiger partial charge < -0.3 is 15.7 Å². The molecule has 0 unspecified atom stereocenters. The zero-order chi connectivity index (χ0) is 15.2. The molecule has 0 spiro atoms. The molecule has 0 bridgehead atoms. The second-order valence-corrected chi connectivity index (χ2v) is 4.28. The monoisotopic (exact) mass is 290 g/mol. The van der Waals surface area contributed by atoms with Crippen molar-refractivity contribution in [1.82, 2.24) is 25.1 Å². The van der Waals surface area contributed by atoms with E-state index in [0.717, 1.165) is 5.69 Å².